The van der Waals surface area contributed by atoms with Crippen LogP contribution in [0.1, 0.15) is 11.1 Å². The molecule has 0 unspecified atom stereocenters. The third-order valence-corrected chi connectivity index (χ3v) is 2.65. The number of nitrogens with zero attached hydrogens (tertiary/aromatic N) is 1. The minimum absolute atomic E-state index is 0.444. The molecule has 18 heavy (non-hydrogen) atoms. The number of halogens is 3. The van der Waals surface area contributed by atoms with Gasteiger partial charge in [0.2, 0.25) is 0 Å². The van der Waals surface area contributed by atoms with Gasteiger partial charge in [-0.2, -0.15) is 0 Å². The zero-order chi connectivity index (χ0) is 13.0. The van der Waals surface area contributed by atoms with Crippen LogP contribution in [0.15, 0.2) is 36.5 Å². The summed E-state index contributed by atoms with van der Waals surface area (Å²) in [5, 5.41) is 3.56. The van der Waals surface area contributed by atoms with Crippen LogP contribution in [0.4, 0.5) is 8.78 Å². The number of nitrogens with one attached hydrogen (secondary N) is 1. The SMILES string of the molecule is Fc1ccc(CNCc2ccc(Cl)nc2)cc1F. The molecule has 1 aromatic heterocycles. The van der Waals surface area contributed by atoms with Crippen LogP contribution < -0.4 is 5.32 Å². The van der Waals surface area contributed by atoms with E-state index in [4.69, 9.17) is 11.6 Å². The first-order chi connectivity index (χ1) is 8.65. The Bertz CT molecular complexity index is 529. The van der Waals surface area contributed by atoms with Crippen molar-refractivity contribution in [3.05, 3.63) is 64.4 Å². The lowest BCUT2D eigenvalue weighted by molar-refractivity contribution is 0.506. The summed E-state index contributed by atoms with van der Waals surface area (Å²) >= 11 is 5.67. The molecule has 0 saturated heterocycles. The summed E-state index contributed by atoms with van der Waals surface area (Å²) in [6, 6.07) is 7.41. The number of aromatic nitrogens is 1. The van der Waals surface area contributed by atoms with Crippen LogP contribution in [0.25, 0.3) is 0 Å². The molecular weight excluding hydrogens is 258 g/mol. The molecule has 0 atom stereocenters. The summed E-state index contributed by atoms with van der Waals surface area (Å²) in [4.78, 5) is 3.95. The predicted molar refractivity (Wildman–Crippen MR) is 66.1 cm³/mol. The Kier molecular flexibility index (Phi) is 4.23. The van der Waals surface area contributed by atoms with Gasteiger partial charge >= 0.3 is 0 Å². The zero-order valence-electron chi connectivity index (χ0n) is 9.46. The third-order valence-electron chi connectivity index (χ3n) is 2.43. The molecule has 2 aromatic rings. The summed E-state index contributed by atoms with van der Waals surface area (Å²) in [7, 11) is 0. The smallest absolute Gasteiger partial charge is 0.159 e. The van der Waals surface area contributed by atoms with Crippen molar-refractivity contribution < 1.29 is 8.78 Å². The Balaban J connectivity index is 1.88. The van der Waals surface area contributed by atoms with Crippen molar-refractivity contribution >= 4 is 11.6 Å². The Morgan fingerprint density at radius 2 is 1.72 bits per heavy atom. The van der Waals surface area contributed by atoms with Crippen molar-refractivity contribution in [2.45, 2.75) is 13.1 Å². The molecule has 1 N–H and O–H groups in total. The molecule has 5 heteroatoms. The topological polar surface area (TPSA) is 24.9 Å². The summed E-state index contributed by atoms with van der Waals surface area (Å²) < 4.78 is 25.7. The first-order valence-electron chi connectivity index (χ1n) is 5.40. The van der Waals surface area contributed by atoms with Gasteiger partial charge in [0, 0.05) is 19.3 Å². The highest BCUT2D eigenvalue weighted by molar-refractivity contribution is 6.29. The Morgan fingerprint density at radius 3 is 2.39 bits per heavy atom. The summed E-state index contributed by atoms with van der Waals surface area (Å²) in [5.41, 5.74) is 1.66. The van der Waals surface area contributed by atoms with E-state index in [1.54, 1.807) is 18.3 Å². The van der Waals surface area contributed by atoms with Crippen LogP contribution in [0.2, 0.25) is 5.15 Å². The molecule has 1 aromatic carbocycles. The second-order valence-electron chi connectivity index (χ2n) is 3.84. The standard InChI is InChI=1S/C13H11ClF2N2/c14-13-4-2-10(8-18-13)7-17-6-9-1-3-11(15)12(16)5-9/h1-5,8,17H,6-7H2. The van der Waals surface area contributed by atoms with Crippen molar-refractivity contribution in [1.82, 2.24) is 10.3 Å². The van der Waals surface area contributed by atoms with Crippen LogP contribution in [0.5, 0.6) is 0 Å². The maximum Gasteiger partial charge on any atom is 0.159 e. The predicted octanol–water partition coefficient (Wildman–Crippen LogP) is 3.30. The van der Waals surface area contributed by atoms with Crippen LogP contribution >= 0.6 is 11.6 Å². The number of pyridine rings is 1. The summed E-state index contributed by atoms with van der Waals surface area (Å²) in [5.74, 6) is -1.66. The van der Waals surface area contributed by atoms with Crippen LogP contribution in [0.3, 0.4) is 0 Å². The van der Waals surface area contributed by atoms with Crippen LogP contribution in [-0.4, -0.2) is 4.98 Å². The van der Waals surface area contributed by atoms with Gasteiger partial charge in [-0.05, 0) is 29.3 Å². The average Bonchev–Trinajstić information content (AvgIpc) is 2.36. The van der Waals surface area contributed by atoms with E-state index in [0.29, 0.717) is 23.8 Å². The first kappa shape index (κ1) is 12.9. The fourth-order valence-electron chi connectivity index (χ4n) is 1.51. The van der Waals surface area contributed by atoms with E-state index in [-0.39, 0.29) is 0 Å². The van der Waals surface area contributed by atoms with Gasteiger partial charge in [0.15, 0.2) is 11.6 Å². The molecule has 0 radical (unpaired) electrons. The quantitative estimate of drug-likeness (QED) is 0.861. The third kappa shape index (κ3) is 3.48. The molecule has 0 bridgehead atoms. The van der Waals surface area contributed by atoms with Crippen molar-refractivity contribution in [2.75, 3.05) is 0 Å². The molecule has 0 fully saturated rings. The Morgan fingerprint density at radius 1 is 1.00 bits per heavy atom. The molecule has 0 aliphatic carbocycles. The highest BCUT2D eigenvalue weighted by Crippen LogP contribution is 2.09. The lowest BCUT2D eigenvalue weighted by atomic mass is 10.2. The fourth-order valence-corrected chi connectivity index (χ4v) is 1.62. The Labute approximate surface area is 109 Å². The number of hydrogen-bond donors (Lipinski definition) is 1. The molecule has 94 valence electrons. The molecule has 2 rings (SSSR count). The largest absolute Gasteiger partial charge is 0.309 e. The number of hydrogen-bond acceptors (Lipinski definition) is 2. The minimum Gasteiger partial charge on any atom is -0.309 e. The molecule has 2 nitrogen and oxygen atoms in total. The monoisotopic (exact) mass is 268 g/mol. The van der Waals surface area contributed by atoms with Gasteiger partial charge in [-0.15, -0.1) is 0 Å². The van der Waals surface area contributed by atoms with E-state index in [1.807, 2.05) is 6.07 Å². The van der Waals surface area contributed by atoms with Crippen molar-refractivity contribution in [1.29, 1.82) is 0 Å². The lowest BCUT2D eigenvalue weighted by Gasteiger charge is -2.05. The molecular formula is C13H11ClF2N2. The van der Waals surface area contributed by atoms with Gasteiger partial charge in [0.1, 0.15) is 5.15 Å². The number of rotatable bonds is 4. The second-order valence-corrected chi connectivity index (χ2v) is 4.23. The van der Waals surface area contributed by atoms with Crippen molar-refractivity contribution in [2.24, 2.45) is 0 Å². The molecule has 0 aliphatic heterocycles. The minimum atomic E-state index is -0.833. The Hall–Kier alpha value is -1.52. The average molecular weight is 269 g/mol. The van der Waals surface area contributed by atoms with Gasteiger partial charge < -0.3 is 5.32 Å². The van der Waals surface area contributed by atoms with Gasteiger partial charge in [-0.3, -0.25) is 0 Å². The van der Waals surface area contributed by atoms with E-state index >= 15 is 0 Å². The highest BCUT2D eigenvalue weighted by atomic mass is 35.5. The van der Waals surface area contributed by atoms with E-state index in [9.17, 15) is 8.78 Å². The normalized spacial score (nSPS) is 10.6. The maximum atomic E-state index is 12.9. The summed E-state index contributed by atoms with van der Waals surface area (Å²) in [6.45, 7) is 1.04. The van der Waals surface area contributed by atoms with Gasteiger partial charge in [-0.1, -0.05) is 23.7 Å². The van der Waals surface area contributed by atoms with E-state index in [1.165, 1.54) is 6.07 Å². The highest BCUT2D eigenvalue weighted by Gasteiger charge is 2.02. The number of benzene rings is 1. The summed E-state index contributed by atoms with van der Waals surface area (Å²) in [6.07, 6.45) is 1.67. The molecule has 0 saturated carbocycles. The zero-order valence-corrected chi connectivity index (χ0v) is 10.2. The van der Waals surface area contributed by atoms with E-state index in [0.717, 1.165) is 11.6 Å². The first-order valence-corrected chi connectivity index (χ1v) is 5.78. The lowest BCUT2D eigenvalue weighted by Crippen LogP contribution is -2.13. The van der Waals surface area contributed by atoms with Gasteiger partial charge in [0.25, 0.3) is 0 Å². The fraction of sp³-hybridized carbons (Fsp3) is 0.154. The molecule has 1 heterocycles. The van der Waals surface area contributed by atoms with Crippen molar-refractivity contribution in [3.8, 4) is 0 Å². The van der Waals surface area contributed by atoms with Crippen LogP contribution in [0, 0.1) is 11.6 Å². The van der Waals surface area contributed by atoms with E-state index in [2.05, 4.69) is 10.3 Å². The second kappa shape index (κ2) is 5.89. The molecule has 0 aliphatic rings. The van der Waals surface area contributed by atoms with Gasteiger partial charge in [-0.25, -0.2) is 13.8 Å². The van der Waals surface area contributed by atoms with Crippen LogP contribution in [-0.2, 0) is 13.1 Å². The molecule has 0 amide bonds. The molecule has 0 spiro atoms. The van der Waals surface area contributed by atoms with Gasteiger partial charge in [0.05, 0.1) is 0 Å². The maximum absolute atomic E-state index is 12.9. The van der Waals surface area contributed by atoms with Crippen molar-refractivity contribution in [3.63, 3.8) is 0 Å². The van der Waals surface area contributed by atoms with E-state index < -0.39 is 11.6 Å².